The van der Waals surface area contributed by atoms with Gasteiger partial charge in [-0.3, -0.25) is 0 Å². The molecule has 0 N–H and O–H groups in total. The third kappa shape index (κ3) is 3.59. The van der Waals surface area contributed by atoms with Gasteiger partial charge in [0, 0.05) is 0 Å². The first kappa shape index (κ1) is 19.7. The summed E-state index contributed by atoms with van der Waals surface area (Å²) in [5, 5.41) is 0.944. The second-order valence-electron chi connectivity index (χ2n) is 7.19. The summed E-state index contributed by atoms with van der Waals surface area (Å²) in [6.07, 6.45) is 0. The largest absolute Gasteiger partial charge is 0.0678 e. The van der Waals surface area contributed by atoms with Crippen LogP contribution < -0.4 is 0 Å². The Bertz CT molecular complexity index is 408. The Hall–Kier alpha value is -0.346. The first-order valence-electron chi connectivity index (χ1n) is 9.55. The third-order valence-corrected chi connectivity index (χ3v) is 22.1. The monoisotopic (exact) mass is 334 g/mol. The molecule has 0 aliphatic rings. The molecule has 0 heterocycles. The molecule has 0 atom stereocenters. The van der Waals surface area contributed by atoms with Gasteiger partial charge in [-0.1, -0.05) is 108 Å². The van der Waals surface area contributed by atoms with Crippen molar-refractivity contribution in [3.05, 3.63) is 35.4 Å². The minimum atomic E-state index is -1.25. The lowest BCUT2D eigenvalue weighted by atomic mass is 10.2. The summed E-state index contributed by atoms with van der Waals surface area (Å²) < 4.78 is 0. The fourth-order valence-electron chi connectivity index (χ4n) is 4.93. The van der Waals surface area contributed by atoms with Crippen molar-refractivity contribution >= 4 is 16.1 Å². The molecule has 0 radical (unpaired) electrons. The Kier molecular flexibility index (Phi) is 7.60. The van der Waals surface area contributed by atoms with Crippen LogP contribution in [0.1, 0.15) is 57.8 Å². The Morgan fingerprint density at radius 1 is 0.727 bits per heavy atom. The first-order valence-corrected chi connectivity index (χ1v) is 14.9. The molecule has 0 aliphatic carbocycles. The lowest BCUT2D eigenvalue weighted by Gasteiger charge is -2.48. The summed E-state index contributed by atoms with van der Waals surface area (Å²) in [5.41, 5.74) is 3.15. The van der Waals surface area contributed by atoms with Crippen molar-refractivity contribution in [3.8, 4) is 0 Å². The molecular weight excluding hydrogens is 296 g/mol. The molecule has 0 aromatic heterocycles. The predicted octanol–water partition coefficient (Wildman–Crippen LogP) is 7.17. The zero-order valence-electron chi connectivity index (χ0n) is 16.1. The van der Waals surface area contributed by atoms with E-state index in [4.69, 9.17) is 0 Å². The van der Waals surface area contributed by atoms with Gasteiger partial charge in [0.25, 0.3) is 0 Å². The number of aryl methyl sites for hydroxylation is 1. The van der Waals surface area contributed by atoms with E-state index in [-0.39, 0.29) is 0 Å². The van der Waals surface area contributed by atoms with E-state index in [0.717, 1.165) is 5.16 Å². The molecule has 1 aromatic rings. The molecule has 22 heavy (non-hydrogen) atoms. The lowest BCUT2D eigenvalue weighted by Crippen LogP contribution is -2.55. The highest BCUT2D eigenvalue weighted by atomic mass is 28.4. The van der Waals surface area contributed by atoms with Gasteiger partial charge in [-0.2, -0.15) is 0 Å². The van der Waals surface area contributed by atoms with Crippen LogP contribution in [-0.4, -0.2) is 16.1 Å². The van der Waals surface area contributed by atoms with Crippen LogP contribution in [0, 0.1) is 6.92 Å². The van der Waals surface area contributed by atoms with E-state index in [1.165, 1.54) is 41.8 Å². The number of benzene rings is 1. The summed E-state index contributed by atoms with van der Waals surface area (Å²) in [6, 6.07) is 18.3. The zero-order valence-corrected chi connectivity index (χ0v) is 18.1. The van der Waals surface area contributed by atoms with Crippen molar-refractivity contribution in [2.75, 3.05) is 0 Å². The van der Waals surface area contributed by atoms with E-state index in [9.17, 15) is 0 Å². The van der Waals surface area contributed by atoms with Gasteiger partial charge < -0.3 is 0 Å². The second-order valence-corrected chi connectivity index (χ2v) is 18.6. The van der Waals surface area contributed by atoms with E-state index in [1.807, 2.05) is 0 Å². The Balaban J connectivity index is 3.57. The van der Waals surface area contributed by atoms with E-state index in [0.29, 0.717) is 0 Å². The van der Waals surface area contributed by atoms with E-state index in [1.54, 1.807) is 5.56 Å². The van der Waals surface area contributed by atoms with Crippen LogP contribution in [0.15, 0.2) is 24.3 Å². The fourth-order valence-corrected chi connectivity index (χ4v) is 21.0. The second kappa shape index (κ2) is 8.49. The minimum absolute atomic E-state index is 0.944. The van der Waals surface area contributed by atoms with Crippen molar-refractivity contribution in [2.45, 2.75) is 89.9 Å². The SMILES string of the molecule is CC[Si](CC)(CC)C(c1cccc(C)c1)[Si](CC)(CC)CC. The van der Waals surface area contributed by atoms with Crippen LogP contribution in [-0.2, 0) is 0 Å². The van der Waals surface area contributed by atoms with Gasteiger partial charge in [0.05, 0.1) is 16.1 Å². The van der Waals surface area contributed by atoms with E-state index in [2.05, 4.69) is 72.7 Å². The van der Waals surface area contributed by atoms with Crippen LogP contribution in [0.4, 0.5) is 0 Å². The van der Waals surface area contributed by atoms with Crippen molar-refractivity contribution < 1.29 is 0 Å². The summed E-state index contributed by atoms with van der Waals surface area (Å²) in [7, 11) is -2.49. The summed E-state index contributed by atoms with van der Waals surface area (Å²) >= 11 is 0. The van der Waals surface area contributed by atoms with Gasteiger partial charge in [-0.25, -0.2) is 0 Å². The van der Waals surface area contributed by atoms with Crippen LogP contribution in [0.5, 0.6) is 0 Å². The van der Waals surface area contributed by atoms with Crippen molar-refractivity contribution in [1.82, 2.24) is 0 Å². The summed E-state index contributed by atoms with van der Waals surface area (Å²) in [5.74, 6) is 0. The molecule has 0 amide bonds. The molecule has 1 rings (SSSR count). The van der Waals surface area contributed by atoms with Gasteiger partial charge in [0.1, 0.15) is 0 Å². The van der Waals surface area contributed by atoms with Crippen LogP contribution in [0.3, 0.4) is 0 Å². The molecule has 1 aromatic carbocycles. The van der Waals surface area contributed by atoms with Gasteiger partial charge in [0.15, 0.2) is 0 Å². The Morgan fingerprint density at radius 3 is 1.45 bits per heavy atom. The molecular formula is C20H38Si2. The molecule has 0 bridgehead atoms. The van der Waals surface area contributed by atoms with Crippen LogP contribution in [0.2, 0.25) is 36.3 Å². The number of hydrogen-bond acceptors (Lipinski definition) is 0. The van der Waals surface area contributed by atoms with Crippen LogP contribution >= 0.6 is 0 Å². The number of hydrogen-bond donors (Lipinski definition) is 0. The smallest absolute Gasteiger partial charge is 0.0577 e. The lowest BCUT2D eigenvalue weighted by molar-refractivity contribution is 0.987. The molecule has 0 nitrogen and oxygen atoms in total. The Labute approximate surface area is 141 Å². The van der Waals surface area contributed by atoms with Gasteiger partial charge >= 0.3 is 0 Å². The highest BCUT2D eigenvalue weighted by molar-refractivity contribution is 6.99. The van der Waals surface area contributed by atoms with Crippen molar-refractivity contribution in [1.29, 1.82) is 0 Å². The molecule has 0 aliphatic heterocycles. The Morgan fingerprint density at radius 2 is 1.14 bits per heavy atom. The molecule has 0 saturated heterocycles. The van der Waals surface area contributed by atoms with Gasteiger partial charge in [-0.05, 0) is 17.7 Å². The maximum Gasteiger partial charge on any atom is 0.0577 e. The summed E-state index contributed by atoms with van der Waals surface area (Å²) in [6.45, 7) is 17.2. The van der Waals surface area contributed by atoms with Gasteiger partial charge in [0.2, 0.25) is 0 Å². The van der Waals surface area contributed by atoms with Crippen molar-refractivity contribution in [2.24, 2.45) is 0 Å². The van der Waals surface area contributed by atoms with Gasteiger partial charge in [-0.15, -0.1) is 0 Å². The summed E-state index contributed by atoms with van der Waals surface area (Å²) in [4.78, 5) is 0. The molecule has 0 spiro atoms. The minimum Gasteiger partial charge on any atom is -0.0678 e. The van der Waals surface area contributed by atoms with Crippen molar-refractivity contribution in [3.63, 3.8) is 0 Å². The molecule has 126 valence electrons. The topological polar surface area (TPSA) is 0 Å². The third-order valence-electron chi connectivity index (χ3n) is 6.82. The zero-order chi connectivity index (χ0) is 16.8. The maximum absolute atomic E-state index is 2.52. The molecule has 0 saturated carbocycles. The predicted molar refractivity (Wildman–Crippen MR) is 108 cm³/mol. The van der Waals surface area contributed by atoms with E-state index < -0.39 is 16.1 Å². The molecule has 2 heteroatoms. The fraction of sp³-hybridized carbons (Fsp3) is 0.700. The highest BCUT2D eigenvalue weighted by Gasteiger charge is 2.48. The molecule has 0 unspecified atom stereocenters. The quantitative estimate of drug-likeness (QED) is 0.420. The highest BCUT2D eigenvalue weighted by Crippen LogP contribution is 2.46. The average molecular weight is 335 g/mol. The normalized spacial score (nSPS) is 12.9. The molecule has 0 fully saturated rings. The standard InChI is InChI=1S/C20H38Si2/c1-8-21(9-2,10-3)20(22(11-4,12-5)13-6)19-16-14-15-18(7)17-19/h14-17,20H,8-13H2,1-7H3. The first-order chi connectivity index (χ1) is 10.5. The maximum atomic E-state index is 2.52. The number of rotatable bonds is 9. The van der Waals surface area contributed by atoms with Crippen LogP contribution in [0.25, 0.3) is 0 Å². The van der Waals surface area contributed by atoms with E-state index >= 15 is 0 Å². The average Bonchev–Trinajstić information content (AvgIpc) is 2.56.